The van der Waals surface area contributed by atoms with Gasteiger partial charge in [-0.1, -0.05) is 66.7 Å². The van der Waals surface area contributed by atoms with Gasteiger partial charge in [-0.05, 0) is 68.8 Å². The number of aliphatic imine (C=N–C) groups is 3. The number of benzene rings is 4. The van der Waals surface area contributed by atoms with Crippen LogP contribution in [0, 0.1) is 34.4 Å². The predicted molar refractivity (Wildman–Crippen MR) is 215 cm³/mol. The van der Waals surface area contributed by atoms with Gasteiger partial charge in [0.25, 0.3) is 17.5 Å². The Morgan fingerprint density at radius 2 is 0.800 bits per heavy atom. The van der Waals surface area contributed by atoms with Gasteiger partial charge in [-0.3, -0.25) is 0 Å². The topological polar surface area (TPSA) is 229 Å². The van der Waals surface area contributed by atoms with Gasteiger partial charge >= 0.3 is 18.6 Å². The number of hydrogen-bond acceptors (Lipinski definition) is 12. The van der Waals surface area contributed by atoms with Gasteiger partial charge in [0.2, 0.25) is 0 Å². The quantitative estimate of drug-likeness (QED) is 0.178. The summed E-state index contributed by atoms with van der Waals surface area (Å²) in [6, 6.07) is 31.8. The molecule has 0 saturated heterocycles. The number of hydrogen-bond donors (Lipinski definition) is 0. The van der Waals surface area contributed by atoms with Crippen LogP contribution < -0.4 is 15.3 Å². The molecule has 3 unspecified atom stereocenters. The summed E-state index contributed by atoms with van der Waals surface area (Å²) in [5.74, 6) is -2.71. The smallest absolute Gasteiger partial charge is 0.320 e. The molecule has 3 heterocycles. The molecular weight excluding hydrogens is 763 g/mol. The van der Waals surface area contributed by atoms with Crippen LogP contribution in [0.25, 0.3) is 0 Å². The molecule has 0 aliphatic carbocycles. The first-order chi connectivity index (χ1) is 28.9. The van der Waals surface area contributed by atoms with Gasteiger partial charge in [-0.15, -0.1) is 29.2 Å². The lowest BCUT2D eigenvalue weighted by Crippen LogP contribution is -2.41. The molecule has 300 valence electrons. The van der Waals surface area contributed by atoms with Crippen LogP contribution in [-0.2, 0) is 0 Å². The molecule has 0 N–H and O–H groups in total. The van der Waals surface area contributed by atoms with Crippen LogP contribution in [0.15, 0.2) is 161 Å². The van der Waals surface area contributed by atoms with Crippen LogP contribution in [0.1, 0.15) is 68.5 Å². The standard InChI is InChI=1S/3C12H12N3.C9H6O6/c3*1-2-15(10-13)9-8-14-12(15)11-6-4-3-5-7-11;10-7(11)4-1-2-5(8(12)13)6(3-4)9(14)15/h3*3-9H,2H2,1H3;1-3H,(H,10,11)(H,12,13)(H,14,15)/q3*+1;/p-3. The van der Waals surface area contributed by atoms with Gasteiger partial charge in [0.05, 0.1) is 53.2 Å². The van der Waals surface area contributed by atoms with Crippen molar-refractivity contribution in [3.8, 4) is 18.6 Å². The molecule has 3 aliphatic rings. The molecule has 0 spiro atoms. The highest BCUT2D eigenvalue weighted by Crippen LogP contribution is 2.23. The van der Waals surface area contributed by atoms with E-state index in [9.17, 15) is 45.5 Å². The number of carbonyl (C=O) groups is 3. The first-order valence-electron chi connectivity index (χ1n) is 18.5. The lowest BCUT2D eigenvalue weighted by atomic mass is 10.0. The number of quaternary nitrogens is 3. The van der Waals surface area contributed by atoms with Gasteiger partial charge in [0.1, 0.15) is 38.2 Å². The monoisotopic (exact) mass is 801 g/mol. The van der Waals surface area contributed by atoms with E-state index < -0.39 is 34.6 Å². The lowest BCUT2D eigenvalue weighted by molar-refractivity contribution is -0.710. The van der Waals surface area contributed by atoms with Crippen molar-refractivity contribution in [2.75, 3.05) is 19.6 Å². The van der Waals surface area contributed by atoms with E-state index in [-0.39, 0.29) is 13.4 Å². The zero-order valence-corrected chi connectivity index (χ0v) is 33.0. The zero-order valence-electron chi connectivity index (χ0n) is 33.0. The van der Waals surface area contributed by atoms with E-state index >= 15 is 0 Å². The van der Waals surface area contributed by atoms with Crippen LogP contribution in [0.2, 0.25) is 0 Å². The Morgan fingerprint density at radius 3 is 1.05 bits per heavy atom. The van der Waals surface area contributed by atoms with Crippen LogP contribution in [-0.4, -0.2) is 68.5 Å². The largest absolute Gasteiger partial charge is 0.545 e. The number of aromatic carboxylic acids is 3. The second-order valence-corrected chi connectivity index (χ2v) is 12.8. The van der Waals surface area contributed by atoms with Crippen molar-refractivity contribution in [3.63, 3.8) is 0 Å². The third kappa shape index (κ3) is 9.87. The minimum Gasteiger partial charge on any atom is -0.545 e. The highest BCUT2D eigenvalue weighted by Gasteiger charge is 2.37. The summed E-state index contributed by atoms with van der Waals surface area (Å²) in [5.41, 5.74) is 1.18. The fourth-order valence-corrected chi connectivity index (χ4v) is 6.09. The summed E-state index contributed by atoms with van der Waals surface area (Å²) in [6.45, 7) is 8.04. The van der Waals surface area contributed by atoms with Gasteiger partial charge < -0.3 is 29.7 Å². The second kappa shape index (κ2) is 20.3. The summed E-state index contributed by atoms with van der Waals surface area (Å²) in [4.78, 5) is 44.2. The SMILES string of the molecule is CC[N+]1(C#N)C=CN=C1c1ccccc1.CC[N+]1(C#N)C=CN=C1c1ccccc1.CC[N+]1(C#N)C=CN=C1c1ccccc1.O=C([O-])c1ccc(C(=O)[O-])c(C(=O)[O-])c1. The average molecular weight is 802 g/mol. The maximum atomic E-state index is 10.5. The number of nitrogens with zero attached hydrogens (tertiary/aromatic N) is 9. The summed E-state index contributed by atoms with van der Waals surface area (Å²) in [5, 5.41) is 59.0. The number of carboxylic acids is 3. The maximum Gasteiger partial charge on any atom is 0.320 e. The maximum absolute atomic E-state index is 10.5. The third-order valence-electron chi connectivity index (χ3n) is 9.51. The summed E-state index contributed by atoms with van der Waals surface area (Å²) in [7, 11) is 0. The Labute approximate surface area is 347 Å². The van der Waals surface area contributed by atoms with E-state index in [1.165, 1.54) is 0 Å². The molecule has 15 heteroatoms. The number of rotatable bonds is 9. The van der Waals surface area contributed by atoms with Crippen LogP contribution in [0.3, 0.4) is 0 Å². The van der Waals surface area contributed by atoms with Gasteiger partial charge in [-0.25, -0.2) is 0 Å². The van der Waals surface area contributed by atoms with Gasteiger partial charge in [0, 0.05) is 11.1 Å². The highest BCUT2D eigenvalue weighted by atomic mass is 16.4. The summed E-state index contributed by atoms with van der Waals surface area (Å²) < 4.78 is 0.512. The van der Waals surface area contributed by atoms with Crippen LogP contribution in [0.5, 0.6) is 0 Å². The second-order valence-electron chi connectivity index (χ2n) is 12.8. The molecule has 3 aliphatic heterocycles. The van der Waals surface area contributed by atoms with Crippen molar-refractivity contribution in [1.29, 1.82) is 15.8 Å². The molecule has 4 aromatic rings. The highest BCUT2D eigenvalue weighted by molar-refractivity contribution is 6.02. The Morgan fingerprint density at radius 1 is 0.483 bits per heavy atom. The van der Waals surface area contributed by atoms with Gasteiger partial charge in [0.15, 0.2) is 0 Å². The Balaban J connectivity index is 0.000000176. The normalized spacial score (nSPS) is 20.1. The van der Waals surface area contributed by atoms with Gasteiger partial charge in [-0.2, -0.15) is 15.0 Å². The average Bonchev–Trinajstić information content (AvgIpc) is 4.05. The first-order valence-corrected chi connectivity index (χ1v) is 18.5. The predicted octanol–water partition coefficient (Wildman–Crippen LogP) is 3.48. The number of carboxylic acid groups (broad SMARTS) is 3. The van der Waals surface area contributed by atoms with Crippen molar-refractivity contribution < 1.29 is 43.2 Å². The molecule has 0 fully saturated rings. The van der Waals surface area contributed by atoms with Crippen molar-refractivity contribution >= 4 is 35.4 Å². The number of carbonyl (C=O) groups excluding carboxylic acids is 3. The number of nitriles is 3. The van der Waals surface area contributed by atoms with Crippen molar-refractivity contribution in [2.24, 2.45) is 15.0 Å². The van der Waals surface area contributed by atoms with Crippen molar-refractivity contribution in [2.45, 2.75) is 20.8 Å². The Hall–Kier alpha value is -8.13. The Bertz CT molecular complexity index is 2320. The van der Waals surface area contributed by atoms with Crippen LogP contribution in [0.4, 0.5) is 0 Å². The molecule has 0 amide bonds. The van der Waals surface area contributed by atoms with E-state index in [2.05, 4.69) is 33.6 Å². The third-order valence-corrected chi connectivity index (χ3v) is 9.51. The molecule has 60 heavy (non-hydrogen) atoms. The molecule has 0 saturated carbocycles. The lowest BCUT2D eigenvalue weighted by Gasteiger charge is -2.20. The van der Waals surface area contributed by atoms with Crippen molar-refractivity contribution in [1.82, 2.24) is 0 Å². The molecule has 7 rings (SSSR count). The molecule has 4 aromatic carbocycles. The molecule has 0 bridgehead atoms. The molecule has 15 nitrogen and oxygen atoms in total. The molecular formula is C45H39N9O6. The minimum atomic E-state index is -1.79. The van der Waals surface area contributed by atoms with E-state index in [0.717, 1.165) is 46.3 Å². The summed E-state index contributed by atoms with van der Waals surface area (Å²) in [6.07, 6.45) is 17.5. The van der Waals surface area contributed by atoms with Crippen molar-refractivity contribution in [3.05, 3.63) is 180 Å². The first kappa shape index (κ1) is 44.6. The summed E-state index contributed by atoms with van der Waals surface area (Å²) >= 11 is 0. The molecule has 3 atom stereocenters. The molecule has 0 radical (unpaired) electrons. The zero-order chi connectivity index (χ0) is 43.8. The van der Waals surface area contributed by atoms with E-state index in [1.807, 2.05) is 130 Å². The van der Waals surface area contributed by atoms with E-state index in [1.54, 1.807) is 18.6 Å². The minimum absolute atomic E-state index is 0.171. The fourth-order valence-electron chi connectivity index (χ4n) is 6.09. The number of amidine groups is 3. The van der Waals surface area contributed by atoms with Crippen LogP contribution >= 0.6 is 0 Å². The Kier molecular flexibility index (Phi) is 15.1. The fraction of sp³-hybridized carbons (Fsp3) is 0.133. The molecule has 0 aromatic heterocycles. The van der Waals surface area contributed by atoms with E-state index in [0.29, 0.717) is 25.7 Å². The van der Waals surface area contributed by atoms with E-state index in [4.69, 9.17) is 0 Å².